The van der Waals surface area contributed by atoms with Gasteiger partial charge in [-0.05, 0) is 44.6 Å². The average molecular weight is 249 g/mol. The highest BCUT2D eigenvalue weighted by Crippen LogP contribution is 2.28. The van der Waals surface area contributed by atoms with Crippen molar-refractivity contribution in [3.63, 3.8) is 0 Å². The SMILES string of the molecule is Cc1cc(CO)nc(N(C)C2CCC(C)CC2)n1. The van der Waals surface area contributed by atoms with Crippen molar-refractivity contribution < 1.29 is 5.11 Å². The maximum atomic E-state index is 9.20. The molecule has 1 aromatic heterocycles. The van der Waals surface area contributed by atoms with E-state index >= 15 is 0 Å². The van der Waals surface area contributed by atoms with Gasteiger partial charge in [0.25, 0.3) is 0 Å². The summed E-state index contributed by atoms with van der Waals surface area (Å²) in [5, 5.41) is 9.20. The van der Waals surface area contributed by atoms with E-state index in [0.29, 0.717) is 11.7 Å². The highest BCUT2D eigenvalue weighted by atomic mass is 16.3. The fraction of sp³-hybridized carbons (Fsp3) is 0.714. The molecule has 18 heavy (non-hydrogen) atoms. The molecule has 0 unspecified atom stereocenters. The fourth-order valence-electron chi connectivity index (χ4n) is 2.65. The van der Waals surface area contributed by atoms with Crippen LogP contribution in [0.15, 0.2) is 6.07 Å². The van der Waals surface area contributed by atoms with Crippen molar-refractivity contribution in [2.75, 3.05) is 11.9 Å². The van der Waals surface area contributed by atoms with Crippen LogP contribution in [0.25, 0.3) is 0 Å². The number of hydrogen-bond donors (Lipinski definition) is 1. The zero-order valence-corrected chi connectivity index (χ0v) is 11.6. The lowest BCUT2D eigenvalue weighted by molar-refractivity contribution is 0.276. The lowest BCUT2D eigenvalue weighted by atomic mass is 9.87. The highest BCUT2D eigenvalue weighted by molar-refractivity contribution is 5.32. The van der Waals surface area contributed by atoms with E-state index in [0.717, 1.165) is 17.6 Å². The third-order valence-electron chi connectivity index (χ3n) is 3.91. The summed E-state index contributed by atoms with van der Waals surface area (Å²) in [6, 6.07) is 2.37. The number of aliphatic hydroxyl groups excluding tert-OH is 1. The van der Waals surface area contributed by atoms with Gasteiger partial charge in [-0.1, -0.05) is 6.92 Å². The second kappa shape index (κ2) is 5.65. The summed E-state index contributed by atoms with van der Waals surface area (Å²) in [5.41, 5.74) is 1.62. The number of aliphatic hydroxyl groups is 1. The van der Waals surface area contributed by atoms with E-state index in [2.05, 4.69) is 28.8 Å². The van der Waals surface area contributed by atoms with Crippen molar-refractivity contribution in [2.45, 2.75) is 52.2 Å². The predicted molar refractivity (Wildman–Crippen MR) is 72.5 cm³/mol. The number of rotatable bonds is 3. The minimum atomic E-state index is -0.0219. The van der Waals surface area contributed by atoms with Gasteiger partial charge in [-0.3, -0.25) is 0 Å². The summed E-state index contributed by atoms with van der Waals surface area (Å²) >= 11 is 0. The molecule has 0 amide bonds. The standard InChI is InChI=1S/C14H23N3O/c1-10-4-6-13(7-5-10)17(3)14-15-11(2)8-12(9-18)16-14/h8,10,13,18H,4-7,9H2,1-3H3. The Balaban J connectivity index is 2.12. The Kier molecular flexibility index (Phi) is 4.17. The molecule has 0 atom stereocenters. The van der Waals surface area contributed by atoms with Crippen molar-refractivity contribution in [3.05, 3.63) is 17.5 Å². The molecule has 1 aliphatic carbocycles. The van der Waals surface area contributed by atoms with Crippen LogP contribution in [0, 0.1) is 12.8 Å². The molecular weight excluding hydrogens is 226 g/mol. The van der Waals surface area contributed by atoms with Gasteiger partial charge in [0, 0.05) is 18.8 Å². The normalized spacial score (nSPS) is 24.0. The molecule has 0 saturated heterocycles. The van der Waals surface area contributed by atoms with Crippen molar-refractivity contribution in [2.24, 2.45) is 5.92 Å². The molecule has 0 radical (unpaired) electrons. The third kappa shape index (κ3) is 2.99. The van der Waals surface area contributed by atoms with Crippen LogP contribution in [0.2, 0.25) is 0 Å². The molecule has 1 fully saturated rings. The molecule has 0 aromatic carbocycles. The van der Waals surface area contributed by atoms with Crippen LogP contribution < -0.4 is 4.90 Å². The second-order valence-electron chi connectivity index (χ2n) is 5.48. The largest absolute Gasteiger partial charge is 0.390 e. The molecule has 1 aliphatic rings. The first-order valence-corrected chi connectivity index (χ1v) is 6.78. The van der Waals surface area contributed by atoms with E-state index in [1.807, 2.05) is 13.0 Å². The van der Waals surface area contributed by atoms with Gasteiger partial charge < -0.3 is 10.0 Å². The van der Waals surface area contributed by atoms with Crippen LogP contribution in [0.3, 0.4) is 0 Å². The summed E-state index contributed by atoms with van der Waals surface area (Å²) in [4.78, 5) is 11.1. The molecular formula is C14H23N3O. The lowest BCUT2D eigenvalue weighted by Crippen LogP contribution is -2.36. The molecule has 2 rings (SSSR count). The Labute approximate surface area is 109 Å². The van der Waals surface area contributed by atoms with Crippen LogP contribution in [-0.2, 0) is 6.61 Å². The predicted octanol–water partition coefficient (Wildman–Crippen LogP) is 2.29. The smallest absolute Gasteiger partial charge is 0.225 e. The molecule has 0 aliphatic heterocycles. The number of aromatic nitrogens is 2. The first kappa shape index (κ1) is 13.3. The fourth-order valence-corrected chi connectivity index (χ4v) is 2.65. The van der Waals surface area contributed by atoms with Gasteiger partial charge in [0.15, 0.2) is 0 Å². The first-order chi connectivity index (χ1) is 8.60. The number of hydrogen-bond acceptors (Lipinski definition) is 4. The van der Waals surface area contributed by atoms with Crippen molar-refractivity contribution >= 4 is 5.95 Å². The molecule has 100 valence electrons. The summed E-state index contributed by atoms with van der Waals surface area (Å²) in [7, 11) is 2.07. The zero-order valence-electron chi connectivity index (χ0n) is 11.6. The highest BCUT2D eigenvalue weighted by Gasteiger charge is 2.23. The number of aryl methyl sites for hydroxylation is 1. The summed E-state index contributed by atoms with van der Waals surface area (Å²) in [6.45, 7) is 4.25. The van der Waals surface area contributed by atoms with Crippen LogP contribution in [-0.4, -0.2) is 28.2 Å². The maximum absolute atomic E-state index is 9.20. The van der Waals surface area contributed by atoms with Crippen LogP contribution >= 0.6 is 0 Å². The Morgan fingerprint density at radius 2 is 1.94 bits per heavy atom. The monoisotopic (exact) mass is 249 g/mol. The zero-order chi connectivity index (χ0) is 13.1. The van der Waals surface area contributed by atoms with Gasteiger partial charge in [0.1, 0.15) is 0 Å². The Hall–Kier alpha value is -1.16. The van der Waals surface area contributed by atoms with E-state index in [-0.39, 0.29) is 6.61 Å². The molecule has 1 N–H and O–H groups in total. The van der Waals surface area contributed by atoms with E-state index in [4.69, 9.17) is 0 Å². The second-order valence-corrected chi connectivity index (χ2v) is 5.48. The molecule has 4 nitrogen and oxygen atoms in total. The van der Waals surface area contributed by atoms with Gasteiger partial charge in [-0.15, -0.1) is 0 Å². The quantitative estimate of drug-likeness (QED) is 0.893. The number of nitrogens with zero attached hydrogens (tertiary/aromatic N) is 3. The van der Waals surface area contributed by atoms with Crippen molar-refractivity contribution in [3.8, 4) is 0 Å². The maximum Gasteiger partial charge on any atom is 0.225 e. The lowest BCUT2D eigenvalue weighted by Gasteiger charge is -2.33. The van der Waals surface area contributed by atoms with Gasteiger partial charge in [0.05, 0.1) is 12.3 Å². The minimum Gasteiger partial charge on any atom is -0.390 e. The van der Waals surface area contributed by atoms with Crippen molar-refractivity contribution in [1.29, 1.82) is 0 Å². The van der Waals surface area contributed by atoms with Crippen molar-refractivity contribution in [1.82, 2.24) is 9.97 Å². The van der Waals surface area contributed by atoms with Gasteiger partial charge in [-0.2, -0.15) is 0 Å². The molecule has 0 spiro atoms. The first-order valence-electron chi connectivity index (χ1n) is 6.78. The third-order valence-corrected chi connectivity index (χ3v) is 3.91. The van der Waals surface area contributed by atoms with Gasteiger partial charge in [0.2, 0.25) is 5.95 Å². The van der Waals surface area contributed by atoms with E-state index in [1.54, 1.807) is 0 Å². The molecule has 0 bridgehead atoms. The molecule has 4 heteroatoms. The van der Waals surface area contributed by atoms with Gasteiger partial charge in [-0.25, -0.2) is 9.97 Å². The van der Waals surface area contributed by atoms with E-state index in [9.17, 15) is 5.11 Å². The van der Waals surface area contributed by atoms with Crippen LogP contribution in [0.5, 0.6) is 0 Å². The average Bonchev–Trinajstić information content (AvgIpc) is 2.38. The Morgan fingerprint density at radius 1 is 1.28 bits per heavy atom. The molecule has 1 aromatic rings. The van der Waals surface area contributed by atoms with Gasteiger partial charge >= 0.3 is 0 Å². The Bertz CT molecular complexity index is 400. The summed E-state index contributed by atoms with van der Waals surface area (Å²) in [5.74, 6) is 1.60. The topological polar surface area (TPSA) is 49.3 Å². The minimum absolute atomic E-state index is 0.0219. The van der Waals surface area contributed by atoms with Crippen LogP contribution in [0.4, 0.5) is 5.95 Å². The van der Waals surface area contributed by atoms with E-state index in [1.165, 1.54) is 25.7 Å². The summed E-state index contributed by atoms with van der Waals surface area (Å²) in [6.07, 6.45) is 4.99. The molecule has 1 heterocycles. The molecule has 1 saturated carbocycles. The van der Waals surface area contributed by atoms with E-state index < -0.39 is 0 Å². The summed E-state index contributed by atoms with van der Waals surface area (Å²) < 4.78 is 0. The van der Waals surface area contributed by atoms with Crippen LogP contribution in [0.1, 0.15) is 44.0 Å². The number of anilines is 1. The Morgan fingerprint density at radius 3 is 2.56 bits per heavy atom.